The summed E-state index contributed by atoms with van der Waals surface area (Å²) in [4.78, 5) is 55.1. The van der Waals surface area contributed by atoms with Gasteiger partial charge in [0.15, 0.2) is 0 Å². The first-order valence-corrected chi connectivity index (χ1v) is 18.4. The van der Waals surface area contributed by atoms with E-state index in [-0.39, 0.29) is 19.3 Å². The van der Waals surface area contributed by atoms with Gasteiger partial charge in [-0.1, -0.05) is 81.4 Å². The summed E-state index contributed by atoms with van der Waals surface area (Å²) in [6.45, 7) is 5.32. The minimum atomic E-state index is -3.79. The van der Waals surface area contributed by atoms with Crippen LogP contribution in [-0.4, -0.2) is 97.0 Å². The summed E-state index contributed by atoms with van der Waals surface area (Å²) in [6.07, 6.45) is -0.897. The average molecular weight is 726 g/mol. The number of hydrogen-bond donors (Lipinski definition) is 6. The minimum absolute atomic E-state index is 0.0935. The Balaban J connectivity index is 1.95. The number of alkyl carbamates (subject to hydrolysis) is 1. The first-order chi connectivity index (χ1) is 23.9. The van der Waals surface area contributed by atoms with E-state index < -0.39 is 75.3 Å². The number of ether oxygens (including phenoxy) is 1. The number of amides is 4. The molecule has 0 aliphatic rings. The molecule has 0 saturated carbocycles. The maximum atomic E-state index is 13.8. The van der Waals surface area contributed by atoms with E-state index in [1.165, 1.54) is 7.11 Å². The number of carbonyl (C=O) groups excluding carboxylic acids is 3. The van der Waals surface area contributed by atoms with Gasteiger partial charge in [-0.05, 0) is 47.9 Å². The highest BCUT2D eigenvalue weighted by molar-refractivity contribution is 7.90. The van der Waals surface area contributed by atoms with Crippen molar-refractivity contribution in [3.8, 4) is 11.3 Å². The van der Waals surface area contributed by atoms with Crippen molar-refractivity contribution in [2.75, 3.05) is 19.1 Å². The monoisotopic (exact) mass is 725 g/mol. The van der Waals surface area contributed by atoms with Crippen molar-refractivity contribution in [2.24, 2.45) is 5.41 Å². The van der Waals surface area contributed by atoms with Gasteiger partial charge < -0.3 is 36.2 Å². The van der Waals surface area contributed by atoms with Crippen molar-refractivity contribution in [1.29, 1.82) is 0 Å². The molecule has 1 aromatic heterocycles. The zero-order valence-electron chi connectivity index (χ0n) is 29.3. The zero-order valence-corrected chi connectivity index (χ0v) is 30.1. The van der Waals surface area contributed by atoms with Crippen LogP contribution in [0, 0.1) is 5.41 Å². The number of hydrogen-bond acceptors (Lipinski definition) is 9. The third-order valence-corrected chi connectivity index (χ3v) is 8.96. The number of aromatic nitrogens is 1. The second-order valence-corrected chi connectivity index (χ2v) is 15.6. The predicted molar refractivity (Wildman–Crippen MR) is 191 cm³/mol. The van der Waals surface area contributed by atoms with Crippen molar-refractivity contribution < 1.29 is 42.5 Å². The van der Waals surface area contributed by atoms with Gasteiger partial charge in [0.2, 0.25) is 11.8 Å². The van der Waals surface area contributed by atoms with Gasteiger partial charge in [0.05, 0.1) is 30.7 Å². The molecule has 14 nitrogen and oxygen atoms in total. The lowest BCUT2D eigenvalue weighted by molar-refractivity contribution is -0.127. The molecule has 51 heavy (non-hydrogen) atoms. The maximum Gasteiger partial charge on any atom is 0.407 e. The van der Waals surface area contributed by atoms with Gasteiger partial charge in [0, 0.05) is 24.1 Å². The fourth-order valence-corrected chi connectivity index (χ4v) is 6.32. The second-order valence-electron chi connectivity index (χ2n) is 13.5. The normalized spacial score (nSPS) is 14.5. The number of pyridine rings is 1. The van der Waals surface area contributed by atoms with E-state index in [9.17, 15) is 37.8 Å². The number of aliphatic hydroxyl groups is 1. The number of rotatable bonds is 16. The van der Waals surface area contributed by atoms with Crippen molar-refractivity contribution in [2.45, 2.75) is 70.3 Å². The molecule has 276 valence electrons. The van der Waals surface area contributed by atoms with Crippen LogP contribution in [0.2, 0.25) is 0 Å². The highest BCUT2D eigenvalue weighted by Gasteiger charge is 2.36. The Kier molecular flexibility index (Phi) is 14.5. The van der Waals surface area contributed by atoms with E-state index in [0.717, 1.165) is 28.6 Å². The largest absolute Gasteiger partial charge is 0.465 e. The van der Waals surface area contributed by atoms with Crippen molar-refractivity contribution in [3.63, 3.8) is 0 Å². The molecule has 15 heteroatoms. The zero-order chi connectivity index (χ0) is 37.8. The molecule has 6 N–H and O–H groups in total. The molecule has 0 unspecified atom stereocenters. The number of nitrogens with zero attached hydrogens (tertiary/aromatic N) is 1. The quantitative estimate of drug-likeness (QED) is 0.127. The van der Waals surface area contributed by atoms with Crippen LogP contribution in [0.5, 0.6) is 0 Å². The number of carbonyl (C=O) groups is 4. The van der Waals surface area contributed by atoms with Gasteiger partial charge >= 0.3 is 12.2 Å². The summed E-state index contributed by atoms with van der Waals surface area (Å²) < 4.78 is 28.8. The first-order valence-electron chi connectivity index (χ1n) is 16.3. The van der Waals surface area contributed by atoms with E-state index >= 15 is 0 Å². The molecule has 3 aromatic rings. The lowest BCUT2D eigenvalue weighted by atomic mass is 9.85. The second kappa shape index (κ2) is 18.3. The molecule has 0 saturated heterocycles. The Morgan fingerprint density at radius 1 is 0.824 bits per heavy atom. The topological polar surface area (TPSA) is 213 Å². The predicted octanol–water partition coefficient (Wildman–Crippen LogP) is 2.71. The van der Waals surface area contributed by atoms with Crippen molar-refractivity contribution in [1.82, 2.24) is 26.3 Å². The Bertz CT molecular complexity index is 1720. The van der Waals surface area contributed by atoms with Gasteiger partial charge in [-0.15, -0.1) is 0 Å². The number of methoxy groups -OCH3 is 1. The number of carboxylic acid groups (broad SMARTS) is 1. The van der Waals surface area contributed by atoms with Crippen LogP contribution in [0.3, 0.4) is 0 Å². The standard InChI is InChI=1S/C36H47N5O9S/c1-36(2,3)31(41-35(47)50-4)33(44)38-26(19-24-14-16-25(17-15-24)27-13-9-10-18-37-27)21-30(42)28(20-23-11-7-6-8-12-23)39-32(43)29(40-34(45)46)22-51(5,48)49/h6-18,26,28-31,40,42H,19-22H2,1-5H3,(H,38,44)(H,39,43)(H,41,47)(H,45,46)/t26-,28-,29-,30-,31+/m0/s1. The molecule has 0 spiro atoms. The van der Waals surface area contributed by atoms with Crippen LogP contribution in [0.4, 0.5) is 9.59 Å². The summed E-state index contributed by atoms with van der Waals surface area (Å²) in [7, 11) is -2.60. The van der Waals surface area contributed by atoms with Gasteiger partial charge in [-0.2, -0.15) is 0 Å². The lowest BCUT2D eigenvalue weighted by Gasteiger charge is -2.33. The van der Waals surface area contributed by atoms with E-state index in [0.29, 0.717) is 0 Å². The summed E-state index contributed by atoms with van der Waals surface area (Å²) in [5.41, 5.74) is 2.45. The summed E-state index contributed by atoms with van der Waals surface area (Å²) in [6, 6.07) is 17.6. The molecule has 1 heterocycles. The van der Waals surface area contributed by atoms with Crippen LogP contribution in [0.1, 0.15) is 38.3 Å². The first kappa shape index (κ1) is 40.4. The number of aliphatic hydroxyl groups excluding tert-OH is 1. The van der Waals surface area contributed by atoms with Gasteiger partial charge in [0.25, 0.3) is 0 Å². The van der Waals surface area contributed by atoms with Crippen molar-refractivity contribution >= 4 is 33.8 Å². The van der Waals surface area contributed by atoms with Crippen LogP contribution in [0.15, 0.2) is 79.0 Å². The van der Waals surface area contributed by atoms with E-state index in [1.807, 2.05) is 47.8 Å². The Morgan fingerprint density at radius 2 is 1.45 bits per heavy atom. The Hall–Kier alpha value is -5.02. The molecular formula is C36H47N5O9S. The SMILES string of the molecule is COC(=O)N[C@H](C(=O)N[C@@H](Cc1ccc(-c2ccccn2)cc1)C[C@H](O)[C@H](Cc1ccccc1)NC(=O)[C@H](CS(C)(=O)=O)NC(=O)O)C(C)(C)C. The molecule has 0 fully saturated rings. The lowest BCUT2D eigenvalue weighted by Crippen LogP contribution is -2.57. The third kappa shape index (κ3) is 13.7. The van der Waals surface area contributed by atoms with Crippen LogP contribution >= 0.6 is 0 Å². The summed E-state index contributed by atoms with van der Waals surface area (Å²) in [5.74, 6) is -2.27. The molecule has 4 amide bonds. The fraction of sp³-hybridized carbons (Fsp3) is 0.417. The molecule has 0 aliphatic carbocycles. The average Bonchev–Trinajstić information content (AvgIpc) is 3.06. The minimum Gasteiger partial charge on any atom is -0.465 e. The van der Waals surface area contributed by atoms with E-state index in [1.54, 1.807) is 57.3 Å². The molecular weight excluding hydrogens is 678 g/mol. The molecule has 0 radical (unpaired) electrons. The maximum absolute atomic E-state index is 13.8. The molecule has 3 rings (SSSR count). The van der Waals surface area contributed by atoms with Gasteiger partial charge in [0.1, 0.15) is 21.9 Å². The summed E-state index contributed by atoms with van der Waals surface area (Å²) >= 11 is 0. The molecule has 0 aliphatic heterocycles. The third-order valence-electron chi connectivity index (χ3n) is 8.02. The van der Waals surface area contributed by atoms with Crippen LogP contribution < -0.4 is 21.3 Å². The van der Waals surface area contributed by atoms with E-state index in [4.69, 9.17) is 4.74 Å². The van der Waals surface area contributed by atoms with Crippen LogP contribution in [0.25, 0.3) is 11.3 Å². The molecule has 2 aromatic carbocycles. The number of sulfone groups is 1. The fourth-order valence-electron chi connectivity index (χ4n) is 5.48. The van der Waals surface area contributed by atoms with E-state index in [2.05, 4.69) is 20.9 Å². The highest BCUT2D eigenvalue weighted by atomic mass is 32.2. The smallest absolute Gasteiger partial charge is 0.407 e. The summed E-state index contributed by atoms with van der Waals surface area (Å²) in [5, 5.41) is 31.2. The van der Waals surface area contributed by atoms with Gasteiger partial charge in [-0.3, -0.25) is 14.6 Å². The Morgan fingerprint density at radius 3 is 2.00 bits per heavy atom. The molecule has 0 bridgehead atoms. The highest BCUT2D eigenvalue weighted by Crippen LogP contribution is 2.22. The number of benzene rings is 2. The van der Waals surface area contributed by atoms with Crippen molar-refractivity contribution in [3.05, 3.63) is 90.1 Å². The number of nitrogens with one attached hydrogen (secondary N) is 4. The Labute approximate surface area is 298 Å². The molecule has 5 atom stereocenters. The van der Waals surface area contributed by atoms with Crippen LogP contribution in [-0.2, 0) is 37.0 Å². The van der Waals surface area contributed by atoms with Gasteiger partial charge in [-0.25, -0.2) is 18.0 Å².